The van der Waals surface area contributed by atoms with E-state index in [9.17, 15) is 23.1 Å². The summed E-state index contributed by atoms with van der Waals surface area (Å²) >= 11 is 0. The molecule has 0 aliphatic heterocycles. The molecule has 3 aromatic rings. The molecule has 0 saturated carbocycles. The van der Waals surface area contributed by atoms with Crippen molar-refractivity contribution in [3.63, 3.8) is 0 Å². The number of aromatic hydroxyl groups is 1. The number of halogens is 3. The molecule has 0 atom stereocenters. The first kappa shape index (κ1) is 13.2. The number of nitrogens with zero attached hydrogens (tertiary/aromatic N) is 1. The van der Waals surface area contributed by atoms with Gasteiger partial charge in [0.25, 0.3) is 11.3 Å². The van der Waals surface area contributed by atoms with E-state index in [1.165, 1.54) is 12.1 Å². The van der Waals surface area contributed by atoms with Crippen LogP contribution in [0.25, 0.3) is 22.4 Å². The Kier molecular flexibility index (Phi) is 2.75. The second-order valence-electron chi connectivity index (χ2n) is 4.32. The van der Waals surface area contributed by atoms with Crippen molar-refractivity contribution in [2.45, 2.75) is 6.18 Å². The normalized spacial score (nSPS) is 12.0. The number of alkyl halides is 3. The van der Waals surface area contributed by atoms with Gasteiger partial charge in [-0.15, -0.1) is 0 Å². The lowest BCUT2D eigenvalue weighted by molar-refractivity contribution is -0.137. The van der Waals surface area contributed by atoms with E-state index >= 15 is 0 Å². The molecule has 0 unspecified atom stereocenters. The molecule has 8 heteroatoms. The van der Waals surface area contributed by atoms with Gasteiger partial charge in [-0.3, -0.25) is 4.79 Å². The summed E-state index contributed by atoms with van der Waals surface area (Å²) in [6.45, 7) is 0. The molecule has 0 bridgehead atoms. The molecule has 1 aromatic carbocycles. The van der Waals surface area contributed by atoms with Crippen LogP contribution in [-0.2, 0) is 6.18 Å². The fraction of sp³-hybridized carbons (Fsp3) is 0.0769. The van der Waals surface area contributed by atoms with E-state index in [4.69, 9.17) is 4.52 Å². The van der Waals surface area contributed by atoms with E-state index in [0.29, 0.717) is 0 Å². The third kappa shape index (κ3) is 2.24. The Bertz CT molecular complexity index is 863. The third-order valence-corrected chi connectivity index (χ3v) is 2.94. The number of hydrogen-bond acceptors (Lipinski definition) is 4. The maximum Gasteiger partial charge on any atom is 0.416 e. The van der Waals surface area contributed by atoms with Crippen molar-refractivity contribution in [3.8, 4) is 17.0 Å². The minimum atomic E-state index is -4.44. The molecule has 0 fully saturated rings. The standard InChI is InChI=1S/C13H7F3N2O3/c14-13(15,16)7-3-1-6(2-4-7)10-9(19)5-8-11(20)18-21-12(8)17-10/h1-5,19H,(H,18,20). The molecule has 3 rings (SSSR count). The highest BCUT2D eigenvalue weighted by molar-refractivity contribution is 5.80. The Labute approximate surface area is 114 Å². The van der Waals surface area contributed by atoms with Gasteiger partial charge in [0.2, 0.25) is 0 Å². The first-order valence-corrected chi connectivity index (χ1v) is 5.75. The van der Waals surface area contributed by atoms with E-state index in [0.717, 1.165) is 18.2 Å². The van der Waals surface area contributed by atoms with Gasteiger partial charge in [0, 0.05) is 11.6 Å². The van der Waals surface area contributed by atoms with Crippen molar-refractivity contribution >= 4 is 11.1 Å². The highest BCUT2D eigenvalue weighted by atomic mass is 19.4. The smallest absolute Gasteiger partial charge is 0.416 e. The molecule has 2 aromatic heterocycles. The number of aromatic nitrogens is 2. The van der Waals surface area contributed by atoms with Crippen LogP contribution in [0.15, 0.2) is 39.6 Å². The molecular weight excluding hydrogens is 289 g/mol. The van der Waals surface area contributed by atoms with Gasteiger partial charge in [-0.2, -0.15) is 18.3 Å². The van der Waals surface area contributed by atoms with Crippen LogP contribution in [0, 0.1) is 0 Å². The zero-order chi connectivity index (χ0) is 15.2. The molecule has 108 valence electrons. The number of hydrogen-bond donors (Lipinski definition) is 2. The van der Waals surface area contributed by atoms with Crippen LogP contribution in [0.4, 0.5) is 13.2 Å². The van der Waals surface area contributed by atoms with E-state index < -0.39 is 17.3 Å². The van der Waals surface area contributed by atoms with Crippen molar-refractivity contribution < 1.29 is 22.8 Å². The highest BCUT2D eigenvalue weighted by Gasteiger charge is 2.30. The van der Waals surface area contributed by atoms with Crippen LogP contribution in [0.5, 0.6) is 5.75 Å². The van der Waals surface area contributed by atoms with Crippen LogP contribution >= 0.6 is 0 Å². The molecule has 2 heterocycles. The number of benzene rings is 1. The van der Waals surface area contributed by atoms with Gasteiger partial charge in [-0.05, 0) is 12.1 Å². The number of aromatic amines is 1. The second-order valence-corrected chi connectivity index (χ2v) is 4.32. The molecule has 0 aliphatic rings. The largest absolute Gasteiger partial charge is 0.506 e. The number of fused-ring (bicyclic) bond motifs is 1. The van der Waals surface area contributed by atoms with Crippen LogP contribution in [0.2, 0.25) is 0 Å². The summed E-state index contributed by atoms with van der Waals surface area (Å²) in [4.78, 5) is 15.2. The third-order valence-electron chi connectivity index (χ3n) is 2.94. The van der Waals surface area contributed by atoms with Gasteiger partial charge in [0.05, 0.1) is 5.56 Å². The van der Waals surface area contributed by atoms with E-state index in [-0.39, 0.29) is 28.1 Å². The van der Waals surface area contributed by atoms with Crippen LogP contribution < -0.4 is 5.56 Å². The molecular formula is C13H7F3N2O3. The van der Waals surface area contributed by atoms with Crippen molar-refractivity contribution in [3.05, 3.63) is 46.2 Å². The molecule has 0 radical (unpaired) electrons. The van der Waals surface area contributed by atoms with Gasteiger partial charge in [0.1, 0.15) is 16.8 Å². The average Bonchev–Trinajstić information content (AvgIpc) is 2.78. The second kappa shape index (κ2) is 4.37. The summed E-state index contributed by atoms with van der Waals surface area (Å²) in [5.74, 6) is -0.325. The molecule has 5 nitrogen and oxygen atoms in total. The fourth-order valence-electron chi connectivity index (χ4n) is 1.91. The predicted molar refractivity (Wildman–Crippen MR) is 66.7 cm³/mol. The monoisotopic (exact) mass is 296 g/mol. The molecule has 0 amide bonds. The van der Waals surface area contributed by atoms with Crippen LogP contribution in [-0.4, -0.2) is 15.2 Å². The summed E-state index contributed by atoms with van der Waals surface area (Å²) in [6, 6.07) is 5.28. The van der Waals surface area contributed by atoms with E-state index in [2.05, 4.69) is 10.1 Å². The Morgan fingerprint density at radius 1 is 1.19 bits per heavy atom. The molecule has 0 spiro atoms. The van der Waals surface area contributed by atoms with Gasteiger partial charge < -0.3 is 9.63 Å². The lowest BCUT2D eigenvalue weighted by atomic mass is 10.1. The van der Waals surface area contributed by atoms with Crippen molar-refractivity contribution in [1.29, 1.82) is 0 Å². The summed E-state index contributed by atoms with van der Waals surface area (Å²) in [5, 5.41) is 12.0. The Balaban J connectivity index is 2.12. The summed E-state index contributed by atoms with van der Waals surface area (Å²) in [6.07, 6.45) is -4.44. The minimum absolute atomic E-state index is 0.0268. The highest BCUT2D eigenvalue weighted by Crippen LogP contribution is 2.33. The lowest BCUT2D eigenvalue weighted by Gasteiger charge is -2.08. The fourth-order valence-corrected chi connectivity index (χ4v) is 1.91. The maximum absolute atomic E-state index is 12.5. The van der Waals surface area contributed by atoms with E-state index in [1.807, 2.05) is 0 Å². The predicted octanol–water partition coefficient (Wildman–Crippen LogP) is 2.91. The zero-order valence-corrected chi connectivity index (χ0v) is 10.2. The topological polar surface area (TPSA) is 79.1 Å². The number of H-pyrrole nitrogens is 1. The quantitative estimate of drug-likeness (QED) is 0.723. The average molecular weight is 296 g/mol. The van der Waals surface area contributed by atoms with Gasteiger partial charge in [-0.25, -0.2) is 4.98 Å². The van der Waals surface area contributed by atoms with Crippen molar-refractivity contribution in [1.82, 2.24) is 10.1 Å². The molecule has 21 heavy (non-hydrogen) atoms. The first-order valence-electron chi connectivity index (χ1n) is 5.75. The number of rotatable bonds is 1. The summed E-state index contributed by atoms with van der Waals surface area (Å²) in [5.41, 5.74) is -1.09. The lowest BCUT2D eigenvalue weighted by Crippen LogP contribution is -2.04. The van der Waals surface area contributed by atoms with E-state index in [1.54, 1.807) is 0 Å². The summed E-state index contributed by atoms with van der Waals surface area (Å²) in [7, 11) is 0. The number of nitrogens with one attached hydrogen (secondary N) is 1. The Morgan fingerprint density at radius 3 is 2.48 bits per heavy atom. The molecule has 2 N–H and O–H groups in total. The van der Waals surface area contributed by atoms with Crippen molar-refractivity contribution in [2.24, 2.45) is 0 Å². The Morgan fingerprint density at radius 2 is 1.86 bits per heavy atom. The van der Waals surface area contributed by atoms with Gasteiger partial charge in [0.15, 0.2) is 0 Å². The first-order chi connectivity index (χ1) is 9.86. The van der Waals surface area contributed by atoms with Gasteiger partial charge in [-0.1, -0.05) is 12.1 Å². The van der Waals surface area contributed by atoms with Crippen molar-refractivity contribution in [2.75, 3.05) is 0 Å². The molecule has 0 aliphatic carbocycles. The van der Waals surface area contributed by atoms with Crippen LogP contribution in [0.3, 0.4) is 0 Å². The zero-order valence-electron chi connectivity index (χ0n) is 10.2. The Hall–Kier alpha value is -2.77. The summed E-state index contributed by atoms with van der Waals surface area (Å²) < 4.78 is 42.3. The minimum Gasteiger partial charge on any atom is -0.506 e. The van der Waals surface area contributed by atoms with Crippen LogP contribution in [0.1, 0.15) is 5.56 Å². The number of pyridine rings is 1. The SMILES string of the molecule is O=c1[nH]oc2nc(-c3ccc(C(F)(F)F)cc3)c(O)cc12. The maximum atomic E-state index is 12.5. The molecule has 0 saturated heterocycles. The van der Waals surface area contributed by atoms with Gasteiger partial charge >= 0.3 is 6.18 Å².